The van der Waals surface area contributed by atoms with Gasteiger partial charge in [0.1, 0.15) is 18.5 Å². The molecule has 0 saturated carbocycles. The number of carbonyl (C=O) groups is 1. The highest BCUT2D eigenvalue weighted by Crippen LogP contribution is 2.28. The van der Waals surface area contributed by atoms with Crippen molar-refractivity contribution in [3.63, 3.8) is 0 Å². The van der Waals surface area contributed by atoms with Gasteiger partial charge in [-0.2, -0.15) is 10.4 Å². The number of fused-ring (bicyclic) bond motifs is 1. The Morgan fingerprint density at radius 3 is 2.94 bits per heavy atom. The lowest BCUT2D eigenvalue weighted by atomic mass is 9.95. The van der Waals surface area contributed by atoms with Crippen LogP contribution in [0.15, 0.2) is 29.5 Å². The van der Waals surface area contributed by atoms with E-state index in [2.05, 4.69) is 26.9 Å². The molecule has 3 rings (SSSR count). The number of anilines is 1. The maximum absolute atomic E-state index is 11.7. The minimum Gasteiger partial charge on any atom is -0.457 e. The Hall–Kier alpha value is -3.61. The Labute approximate surface area is 180 Å². The number of nitrogens with one attached hydrogen (secondary N) is 3. The molecular weight excluding hydrogens is 396 g/mol. The van der Waals surface area contributed by atoms with Gasteiger partial charge < -0.3 is 20.6 Å². The maximum Gasteiger partial charge on any atom is 0.338 e. The molecule has 9 nitrogen and oxygen atoms in total. The summed E-state index contributed by atoms with van der Waals surface area (Å²) in [6, 6.07) is 6.86. The van der Waals surface area contributed by atoms with Crippen LogP contribution in [-0.2, 0) is 11.3 Å². The van der Waals surface area contributed by atoms with Gasteiger partial charge in [0.15, 0.2) is 0 Å². The summed E-state index contributed by atoms with van der Waals surface area (Å²) in [6.07, 6.45) is 1.79. The number of aliphatic hydroxyl groups is 1. The standard InChI is InChI=1S/C22H24N6O3/c1-12-6-21(26-9-15(12)7-23)28-27-19(8-24)14(3)25-10-20(29)16-4-5-17-18(13(16)2)11-31-22(17)30/h4-6,8-9,14,20,24-25,29H,10-11H2,1-3H3,(H,26,28)/b24-8?,27-19+/t14?,20-/m0/s1. The molecule has 1 aliphatic rings. The van der Waals surface area contributed by atoms with Gasteiger partial charge >= 0.3 is 5.97 Å². The first-order valence-electron chi connectivity index (χ1n) is 9.77. The van der Waals surface area contributed by atoms with Crippen molar-refractivity contribution in [2.45, 2.75) is 39.5 Å². The molecule has 160 valence electrons. The fraction of sp³-hybridized carbons (Fsp3) is 0.318. The molecular formula is C22H24N6O3. The zero-order chi connectivity index (χ0) is 22.5. The maximum atomic E-state index is 11.7. The number of hydrogen-bond acceptors (Lipinski definition) is 9. The molecule has 0 radical (unpaired) electrons. The summed E-state index contributed by atoms with van der Waals surface area (Å²) in [5, 5.41) is 34.7. The minimum atomic E-state index is -0.800. The summed E-state index contributed by atoms with van der Waals surface area (Å²) >= 11 is 0. The summed E-state index contributed by atoms with van der Waals surface area (Å²) in [5.74, 6) is 0.130. The van der Waals surface area contributed by atoms with E-state index in [-0.39, 0.29) is 25.2 Å². The Morgan fingerprint density at radius 1 is 1.48 bits per heavy atom. The molecule has 0 fully saturated rings. The van der Waals surface area contributed by atoms with E-state index < -0.39 is 6.10 Å². The summed E-state index contributed by atoms with van der Waals surface area (Å²) in [7, 11) is 0. The van der Waals surface area contributed by atoms with Gasteiger partial charge in [-0.3, -0.25) is 5.43 Å². The third kappa shape index (κ3) is 4.77. The Bertz CT molecular complexity index is 1090. The van der Waals surface area contributed by atoms with Gasteiger partial charge in [0.2, 0.25) is 0 Å². The molecule has 1 aromatic carbocycles. The number of hydrogen-bond donors (Lipinski definition) is 4. The lowest BCUT2D eigenvalue weighted by Gasteiger charge is -2.19. The van der Waals surface area contributed by atoms with Crippen LogP contribution in [0.3, 0.4) is 0 Å². The topological polar surface area (TPSA) is 143 Å². The number of cyclic esters (lactones) is 1. The average Bonchev–Trinajstić information content (AvgIpc) is 3.14. The third-order valence-corrected chi connectivity index (χ3v) is 5.31. The molecule has 0 amide bonds. The van der Waals surface area contributed by atoms with Crippen LogP contribution >= 0.6 is 0 Å². The normalized spacial score (nSPS) is 14.9. The van der Waals surface area contributed by atoms with Crippen molar-refractivity contribution in [2.24, 2.45) is 5.10 Å². The lowest BCUT2D eigenvalue weighted by molar-refractivity contribution is 0.0535. The molecule has 2 aromatic rings. The second kappa shape index (κ2) is 9.47. The number of hydrazone groups is 1. The van der Waals surface area contributed by atoms with E-state index >= 15 is 0 Å². The van der Waals surface area contributed by atoms with Crippen molar-refractivity contribution in [3.05, 3.63) is 57.8 Å². The fourth-order valence-electron chi connectivity index (χ4n) is 3.34. The van der Waals surface area contributed by atoms with E-state index in [4.69, 9.17) is 15.4 Å². The first kappa shape index (κ1) is 22.1. The molecule has 31 heavy (non-hydrogen) atoms. The van der Waals surface area contributed by atoms with Crippen molar-refractivity contribution in [1.82, 2.24) is 10.3 Å². The molecule has 0 bridgehead atoms. The summed E-state index contributed by atoms with van der Waals surface area (Å²) in [6.45, 7) is 5.96. The minimum absolute atomic E-state index is 0.226. The Morgan fingerprint density at radius 2 is 2.26 bits per heavy atom. The number of rotatable bonds is 8. The molecule has 2 atom stereocenters. The van der Waals surface area contributed by atoms with Crippen LogP contribution in [0.2, 0.25) is 0 Å². The van der Waals surface area contributed by atoms with Gasteiger partial charge in [-0.15, -0.1) is 0 Å². The van der Waals surface area contributed by atoms with Crippen molar-refractivity contribution in [3.8, 4) is 6.07 Å². The van der Waals surface area contributed by atoms with Crippen LogP contribution in [0, 0.1) is 30.6 Å². The summed E-state index contributed by atoms with van der Waals surface area (Å²) in [5.41, 5.74) is 7.40. The van der Waals surface area contributed by atoms with Gasteiger partial charge in [-0.1, -0.05) is 6.07 Å². The van der Waals surface area contributed by atoms with E-state index in [0.29, 0.717) is 22.7 Å². The molecule has 1 aliphatic heterocycles. The number of nitriles is 1. The van der Waals surface area contributed by atoms with E-state index in [1.54, 1.807) is 25.1 Å². The fourth-order valence-corrected chi connectivity index (χ4v) is 3.34. The van der Waals surface area contributed by atoms with Crippen LogP contribution in [0.4, 0.5) is 5.82 Å². The second-order valence-electron chi connectivity index (χ2n) is 7.32. The molecule has 0 aliphatic carbocycles. The largest absolute Gasteiger partial charge is 0.457 e. The quantitative estimate of drug-likeness (QED) is 0.291. The highest BCUT2D eigenvalue weighted by molar-refractivity contribution is 6.31. The first-order chi connectivity index (χ1) is 14.8. The molecule has 2 heterocycles. The number of nitrogens with zero attached hydrogens (tertiary/aromatic N) is 3. The zero-order valence-corrected chi connectivity index (χ0v) is 17.6. The molecule has 1 aromatic heterocycles. The van der Waals surface area contributed by atoms with Gasteiger partial charge in [0, 0.05) is 24.5 Å². The van der Waals surface area contributed by atoms with Crippen LogP contribution in [0.25, 0.3) is 0 Å². The third-order valence-electron chi connectivity index (χ3n) is 5.31. The number of ether oxygens (including phenoxy) is 1. The number of carbonyl (C=O) groups excluding carboxylic acids is 1. The predicted molar refractivity (Wildman–Crippen MR) is 116 cm³/mol. The van der Waals surface area contributed by atoms with Crippen LogP contribution in [0.1, 0.15) is 51.2 Å². The summed E-state index contributed by atoms with van der Waals surface area (Å²) in [4.78, 5) is 15.8. The molecule has 4 N–H and O–H groups in total. The van der Waals surface area contributed by atoms with Crippen LogP contribution in [0.5, 0.6) is 0 Å². The monoisotopic (exact) mass is 420 g/mol. The van der Waals surface area contributed by atoms with E-state index in [0.717, 1.165) is 28.5 Å². The zero-order valence-electron chi connectivity index (χ0n) is 17.6. The van der Waals surface area contributed by atoms with Gasteiger partial charge in [-0.05, 0) is 49.6 Å². The number of aromatic nitrogens is 1. The summed E-state index contributed by atoms with van der Waals surface area (Å²) < 4.78 is 5.06. The number of aryl methyl sites for hydroxylation is 1. The molecule has 0 spiro atoms. The highest BCUT2D eigenvalue weighted by Gasteiger charge is 2.25. The SMILES string of the molecule is Cc1cc(N/N=C(\C=N)C(C)NC[C@H](O)c2ccc3c(c2C)COC3=O)ncc1C#N. The highest BCUT2D eigenvalue weighted by atomic mass is 16.5. The van der Waals surface area contributed by atoms with Crippen LogP contribution in [-0.4, -0.2) is 40.6 Å². The molecule has 0 saturated heterocycles. The van der Waals surface area contributed by atoms with Crippen molar-refractivity contribution in [1.29, 1.82) is 10.7 Å². The number of aliphatic hydroxyl groups excluding tert-OH is 1. The van der Waals surface area contributed by atoms with Crippen molar-refractivity contribution < 1.29 is 14.6 Å². The molecule has 1 unspecified atom stereocenters. The van der Waals surface area contributed by atoms with E-state index in [9.17, 15) is 9.90 Å². The smallest absolute Gasteiger partial charge is 0.338 e. The van der Waals surface area contributed by atoms with Crippen LogP contribution < -0.4 is 10.7 Å². The second-order valence-corrected chi connectivity index (χ2v) is 7.32. The van der Waals surface area contributed by atoms with Crippen molar-refractivity contribution in [2.75, 3.05) is 12.0 Å². The number of benzene rings is 1. The Kier molecular flexibility index (Phi) is 6.74. The molecule has 9 heteroatoms. The number of pyridine rings is 1. The predicted octanol–water partition coefficient (Wildman–Crippen LogP) is 2.37. The van der Waals surface area contributed by atoms with E-state index in [1.807, 2.05) is 13.8 Å². The van der Waals surface area contributed by atoms with Gasteiger partial charge in [0.05, 0.1) is 29.0 Å². The first-order valence-corrected chi connectivity index (χ1v) is 9.77. The lowest BCUT2D eigenvalue weighted by Crippen LogP contribution is -2.38. The average molecular weight is 420 g/mol. The van der Waals surface area contributed by atoms with Gasteiger partial charge in [0.25, 0.3) is 0 Å². The van der Waals surface area contributed by atoms with Gasteiger partial charge in [-0.25, -0.2) is 9.78 Å². The Balaban J connectivity index is 1.63. The van der Waals surface area contributed by atoms with E-state index in [1.165, 1.54) is 6.20 Å². The van der Waals surface area contributed by atoms with Crippen molar-refractivity contribution >= 4 is 23.7 Å². The number of esters is 1.